The van der Waals surface area contributed by atoms with Crippen molar-refractivity contribution in [2.24, 2.45) is 0 Å². The van der Waals surface area contributed by atoms with Crippen molar-refractivity contribution in [2.45, 2.75) is 405 Å². The standard InChI is InChI=1S/C74H147N2O6P/c1-6-8-10-12-14-16-18-20-22-24-26-28-30-32-34-36-37-38-40-42-44-46-48-50-52-54-56-58-60-62-64-66-68-74(78)75-72(71-82-83(79,80)81-70-69-76(3,4)5)73(77)67-65-63-61-59-57-55-53-51-49-47-45-43-41-39-35-33-31-29-27-25-23-21-19-17-15-13-11-9-7-2/h57,59,65,67,72-73,77H,6-56,58,60-64,66,68-71H2,1-5H3,(H-,75,78,79,80)/p+1/b59-57+,67-65+. The fourth-order valence-corrected chi connectivity index (χ4v) is 12.4. The third-order valence-corrected chi connectivity index (χ3v) is 18.4. The summed E-state index contributed by atoms with van der Waals surface area (Å²) in [7, 11) is 1.58. The topological polar surface area (TPSA) is 105 Å². The van der Waals surface area contributed by atoms with E-state index in [4.69, 9.17) is 9.05 Å². The normalized spacial score (nSPS) is 13.7. The number of phosphoric acid groups is 1. The van der Waals surface area contributed by atoms with Crippen molar-refractivity contribution < 1.29 is 32.9 Å². The van der Waals surface area contributed by atoms with Crippen molar-refractivity contribution in [3.8, 4) is 0 Å². The third kappa shape index (κ3) is 68.3. The highest BCUT2D eigenvalue weighted by Gasteiger charge is 2.28. The van der Waals surface area contributed by atoms with Crippen LogP contribution in [0.3, 0.4) is 0 Å². The van der Waals surface area contributed by atoms with Crippen LogP contribution in [0, 0.1) is 0 Å². The highest BCUT2D eigenvalue weighted by Crippen LogP contribution is 2.43. The quantitative estimate of drug-likeness (QED) is 0.0243. The van der Waals surface area contributed by atoms with E-state index in [0.717, 1.165) is 38.5 Å². The second kappa shape index (κ2) is 65.4. The smallest absolute Gasteiger partial charge is 0.387 e. The Morgan fingerprint density at radius 1 is 0.398 bits per heavy atom. The number of amides is 1. The lowest BCUT2D eigenvalue weighted by Gasteiger charge is -2.25. The predicted octanol–water partition coefficient (Wildman–Crippen LogP) is 23.8. The average molecular weight is 1190 g/mol. The molecule has 0 fully saturated rings. The molecular formula is C74H148N2O6P+. The van der Waals surface area contributed by atoms with Crippen LogP contribution in [-0.4, -0.2) is 73.4 Å². The molecule has 0 aromatic rings. The Hall–Kier alpha value is -1.02. The molecule has 0 aromatic heterocycles. The Kier molecular flexibility index (Phi) is 64.6. The van der Waals surface area contributed by atoms with Gasteiger partial charge in [0.15, 0.2) is 0 Å². The third-order valence-electron chi connectivity index (χ3n) is 17.4. The fraction of sp³-hybridized carbons (Fsp3) is 0.932. The van der Waals surface area contributed by atoms with Crippen LogP contribution in [0.1, 0.15) is 393 Å². The van der Waals surface area contributed by atoms with E-state index in [1.54, 1.807) is 6.08 Å². The summed E-state index contributed by atoms with van der Waals surface area (Å²) < 4.78 is 23.8. The first-order chi connectivity index (χ1) is 40.5. The van der Waals surface area contributed by atoms with Crippen LogP contribution in [-0.2, 0) is 18.4 Å². The number of quaternary nitrogens is 1. The molecule has 0 aliphatic heterocycles. The van der Waals surface area contributed by atoms with Crippen LogP contribution in [0.25, 0.3) is 0 Å². The molecule has 0 radical (unpaired) electrons. The number of allylic oxidation sites excluding steroid dienone is 3. The molecule has 1 amide bonds. The Balaban J connectivity index is 4.02. The highest BCUT2D eigenvalue weighted by atomic mass is 31.2. The van der Waals surface area contributed by atoms with E-state index in [1.165, 1.54) is 334 Å². The fourth-order valence-electron chi connectivity index (χ4n) is 11.7. The van der Waals surface area contributed by atoms with Gasteiger partial charge in [-0.25, -0.2) is 4.57 Å². The van der Waals surface area contributed by atoms with Crippen LogP contribution in [0.5, 0.6) is 0 Å². The van der Waals surface area contributed by atoms with Gasteiger partial charge in [-0.1, -0.05) is 378 Å². The summed E-state index contributed by atoms with van der Waals surface area (Å²) in [5.74, 6) is -0.177. The first-order valence-electron chi connectivity index (χ1n) is 37.2. The largest absolute Gasteiger partial charge is 0.472 e. The molecule has 0 aliphatic rings. The van der Waals surface area contributed by atoms with E-state index < -0.39 is 20.0 Å². The van der Waals surface area contributed by atoms with Crippen molar-refractivity contribution in [3.63, 3.8) is 0 Å². The minimum Gasteiger partial charge on any atom is -0.387 e. The Labute approximate surface area is 519 Å². The number of nitrogens with one attached hydrogen (secondary N) is 1. The van der Waals surface area contributed by atoms with Gasteiger partial charge in [-0.15, -0.1) is 0 Å². The number of hydrogen-bond acceptors (Lipinski definition) is 5. The molecule has 0 spiro atoms. The molecule has 0 heterocycles. The summed E-state index contributed by atoms with van der Waals surface area (Å²) in [4.78, 5) is 23.4. The van der Waals surface area contributed by atoms with Gasteiger partial charge in [0.05, 0.1) is 39.9 Å². The number of aliphatic hydroxyl groups is 1. The lowest BCUT2D eigenvalue weighted by atomic mass is 10.0. The van der Waals surface area contributed by atoms with Crippen molar-refractivity contribution in [2.75, 3.05) is 40.9 Å². The molecule has 0 rings (SSSR count). The number of likely N-dealkylation sites (N-methyl/N-ethyl adjacent to an activating group) is 1. The number of rotatable bonds is 70. The van der Waals surface area contributed by atoms with Gasteiger partial charge >= 0.3 is 7.82 Å². The summed E-state index contributed by atoms with van der Waals surface area (Å²) in [5.41, 5.74) is 0. The minimum atomic E-state index is -4.36. The van der Waals surface area contributed by atoms with Gasteiger partial charge in [-0.05, 0) is 32.1 Å². The molecule has 3 atom stereocenters. The molecule has 3 N–H and O–H groups in total. The SMILES string of the molecule is CCCCCCCCCCCCCCCCCCCCCCCCC/C=C/CC/C=C/C(O)C(COP(=O)(O)OCC[N+](C)(C)C)NC(=O)CCCCCCCCCCCCCCCCCCCCCCCCCCCCCCCCCC. The molecule has 3 unspecified atom stereocenters. The van der Waals surface area contributed by atoms with Crippen LogP contribution in [0.15, 0.2) is 24.3 Å². The molecule has 9 heteroatoms. The second-order valence-electron chi connectivity index (χ2n) is 27.0. The number of unbranched alkanes of at least 4 members (excludes halogenated alkanes) is 55. The molecular weight excluding hydrogens is 1040 g/mol. The first-order valence-corrected chi connectivity index (χ1v) is 38.7. The van der Waals surface area contributed by atoms with Gasteiger partial charge in [0.1, 0.15) is 13.2 Å². The van der Waals surface area contributed by atoms with Crippen molar-refractivity contribution in [1.29, 1.82) is 0 Å². The van der Waals surface area contributed by atoms with Crippen molar-refractivity contribution in [3.05, 3.63) is 24.3 Å². The van der Waals surface area contributed by atoms with Gasteiger partial charge in [0.2, 0.25) is 5.91 Å². The minimum absolute atomic E-state index is 0.0592. The van der Waals surface area contributed by atoms with Gasteiger partial charge in [-0.3, -0.25) is 13.8 Å². The highest BCUT2D eigenvalue weighted by molar-refractivity contribution is 7.47. The zero-order valence-corrected chi connectivity index (χ0v) is 57.6. The second-order valence-corrected chi connectivity index (χ2v) is 28.5. The van der Waals surface area contributed by atoms with E-state index in [0.29, 0.717) is 17.4 Å². The van der Waals surface area contributed by atoms with Crippen LogP contribution in [0.4, 0.5) is 0 Å². The lowest BCUT2D eigenvalue weighted by Crippen LogP contribution is -2.45. The van der Waals surface area contributed by atoms with Crippen LogP contribution >= 0.6 is 7.82 Å². The summed E-state index contributed by atoms with van der Waals surface area (Å²) >= 11 is 0. The van der Waals surface area contributed by atoms with Crippen molar-refractivity contribution >= 4 is 13.7 Å². The average Bonchev–Trinajstić information content (AvgIpc) is 3.49. The van der Waals surface area contributed by atoms with E-state index >= 15 is 0 Å². The van der Waals surface area contributed by atoms with Gasteiger partial charge in [0, 0.05) is 6.42 Å². The predicted molar refractivity (Wildman–Crippen MR) is 365 cm³/mol. The molecule has 0 saturated carbocycles. The van der Waals surface area contributed by atoms with E-state index in [2.05, 4.69) is 31.3 Å². The number of phosphoric ester groups is 1. The lowest BCUT2D eigenvalue weighted by molar-refractivity contribution is -0.870. The number of hydrogen-bond donors (Lipinski definition) is 3. The van der Waals surface area contributed by atoms with Gasteiger partial charge in [-0.2, -0.15) is 0 Å². The molecule has 8 nitrogen and oxygen atoms in total. The molecule has 494 valence electrons. The Bertz CT molecular complexity index is 1400. The van der Waals surface area contributed by atoms with Crippen LogP contribution in [0.2, 0.25) is 0 Å². The number of nitrogens with zero attached hydrogens (tertiary/aromatic N) is 1. The summed E-state index contributed by atoms with van der Waals surface area (Å²) in [6.45, 7) is 4.87. The zero-order chi connectivity index (χ0) is 60.5. The number of aliphatic hydroxyl groups excluding tert-OH is 1. The van der Waals surface area contributed by atoms with Gasteiger partial charge < -0.3 is 19.8 Å². The van der Waals surface area contributed by atoms with E-state index in [9.17, 15) is 19.4 Å². The van der Waals surface area contributed by atoms with Gasteiger partial charge in [0.25, 0.3) is 0 Å². The Morgan fingerprint density at radius 3 is 0.964 bits per heavy atom. The van der Waals surface area contributed by atoms with Crippen LogP contribution < -0.4 is 5.32 Å². The Morgan fingerprint density at radius 2 is 0.663 bits per heavy atom. The molecule has 83 heavy (non-hydrogen) atoms. The maximum Gasteiger partial charge on any atom is 0.472 e. The summed E-state index contributed by atoms with van der Waals surface area (Å²) in [6, 6.07) is -0.862. The molecule has 0 bridgehead atoms. The maximum atomic E-state index is 13.1. The van der Waals surface area contributed by atoms with E-state index in [-0.39, 0.29) is 19.1 Å². The summed E-state index contributed by atoms with van der Waals surface area (Å²) in [6.07, 6.45) is 86.4. The molecule has 0 aromatic carbocycles. The monoisotopic (exact) mass is 1190 g/mol. The number of carbonyl (C=O) groups excluding carboxylic acids is 1. The van der Waals surface area contributed by atoms with E-state index in [1.807, 2.05) is 27.2 Å². The zero-order valence-electron chi connectivity index (χ0n) is 56.7. The maximum absolute atomic E-state index is 13.1. The molecule has 0 aliphatic carbocycles. The first kappa shape index (κ1) is 82.0. The number of carbonyl (C=O) groups is 1. The summed E-state index contributed by atoms with van der Waals surface area (Å²) in [5, 5.41) is 14.0. The molecule has 0 saturated heterocycles. The van der Waals surface area contributed by atoms with Crippen molar-refractivity contribution in [1.82, 2.24) is 5.32 Å².